The lowest BCUT2D eigenvalue weighted by atomic mass is 9.86. The van der Waals surface area contributed by atoms with E-state index in [-0.39, 0.29) is 30.8 Å². The van der Waals surface area contributed by atoms with Crippen molar-refractivity contribution in [1.29, 1.82) is 0 Å². The maximum atomic E-state index is 12.3. The summed E-state index contributed by atoms with van der Waals surface area (Å²) in [6, 6.07) is 13.7. The van der Waals surface area contributed by atoms with E-state index >= 15 is 0 Å². The van der Waals surface area contributed by atoms with Gasteiger partial charge in [0, 0.05) is 12.1 Å². The Morgan fingerprint density at radius 1 is 0.897 bits per heavy atom. The molecule has 0 aliphatic carbocycles. The summed E-state index contributed by atoms with van der Waals surface area (Å²) in [6.07, 6.45) is -0.165. The van der Waals surface area contributed by atoms with Gasteiger partial charge in [-0.05, 0) is 23.1 Å². The summed E-state index contributed by atoms with van der Waals surface area (Å²) in [5.41, 5.74) is 2.22. The number of carbonyl (C=O) groups excluding carboxylic acids is 4. The molecule has 0 fully saturated rings. The molecule has 0 aromatic heterocycles. The first-order chi connectivity index (χ1) is 13.7. The number of ether oxygens (including phenoxy) is 1. The topological polar surface area (TPSA) is 80.8 Å². The lowest BCUT2D eigenvalue weighted by Crippen LogP contribution is -2.32. The van der Waals surface area contributed by atoms with E-state index < -0.39 is 17.8 Å². The Bertz CT molecular complexity index is 935. The number of rotatable bonds is 6. The summed E-state index contributed by atoms with van der Waals surface area (Å²) >= 11 is 0. The molecule has 2 aromatic rings. The van der Waals surface area contributed by atoms with Crippen molar-refractivity contribution in [3.63, 3.8) is 0 Å². The molecule has 6 heteroatoms. The second kappa shape index (κ2) is 7.99. The Morgan fingerprint density at radius 3 is 1.97 bits per heavy atom. The van der Waals surface area contributed by atoms with Crippen LogP contribution in [0.2, 0.25) is 0 Å². The van der Waals surface area contributed by atoms with Gasteiger partial charge in [-0.3, -0.25) is 24.1 Å². The minimum Gasteiger partial charge on any atom is -0.457 e. The molecule has 0 spiro atoms. The van der Waals surface area contributed by atoms with E-state index in [9.17, 15) is 19.2 Å². The lowest BCUT2D eigenvalue weighted by Gasteiger charge is -2.19. The van der Waals surface area contributed by atoms with E-state index in [4.69, 9.17) is 4.74 Å². The van der Waals surface area contributed by atoms with Crippen molar-refractivity contribution in [2.45, 2.75) is 32.6 Å². The van der Waals surface area contributed by atoms with E-state index in [1.165, 1.54) is 0 Å². The Hall–Kier alpha value is -3.28. The minimum absolute atomic E-state index is 0.0157. The fourth-order valence-corrected chi connectivity index (χ4v) is 3.10. The van der Waals surface area contributed by atoms with E-state index in [1.54, 1.807) is 36.4 Å². The molecular formula is C23H23NO5. The van der Waals surface area contributed by atoms with Gasteiger partial charge in [0.15, 0.2) is 12.4 Å². The third-order valence-corrected chi connectivity index (χ3v) is 4.85. The van der Waals surface area contributed by atoms with Crippen LogP contribution < -0.4 is 0 Å². The molecule has 1 aliphatic rings. The zero-order valence-electron chi connectivity index (χ0n) is 16.7. The average Bonchev–Trinajstić information content (AvgIpc) is 2.94. The number of hydrogen-bond acceptors (Lipinski definition) is 5. The van der Waals surface area contributed by atoms with Gasteiger partial charge >= 0.3 is 5.97 Å². The number of carbonyl (C=O) groups is 4. The van der Waals surface area contributed by atoms with Gasteiger partial charge in [-0.2, -0.15) is 0 Å². The van der Waals surface area contributed by atoms with Crippen LogP contribution in [0.3, 0.4) is 0 Å². The van der Waals surface area contributed by atoms with Crippen molar-refractivity contribution in [3.05, 3.63) is 70.8 Å². The summed E-state index contributed by atoms with van der Waals surface area (Å²) in [5, 5.41) is 0. The molecule has 0 unspecified atom stereocenters. The molecule has 6 nitrogen and oxygen atoms in total. The fourth-order valence-electron chi connectivity index (χ4n) is 3.10. The van der Waals surface area contributed by atoms with Crippen LogP contribution in [-0.4, -0.2) is 41.6 Å². The van der Waals surface area contributed by atoms with E-state index in [0.717, 1.165) is 10.5 Å². The van der Waals surface area contributed by atoms with Crippen LogP contribution >= 0.6 is 0 Å². The molecule has 2 aromatic carbocycles. The van der Waals surface area contributed by atoms with E-state index in [1.807, 2.05) is 12.1 Å². The van der Waals surface area contributed by atoms with Crippen molar-refractivity contribution < 1.29 is 23.9 Å². The maximum absolute atomic E-state index is 12.3. The summed E-state index contributed by atoms with van der Waals surface area (Å²) in [5.74, 6) is -1.79. The third-order valence-electron chi connectivity index (χ3n) is 4.85. The van der Waals surface area contributed by atoms with Crippen molar-refractivity contribution in [2.24, 2.45) is 0 Å². The van der Waals surface area contributed by atoms with E-state index in [0.29, 0.717) is 16.7 Å². The van der Waals surface area contributed by atoms with Gasteiger partial charge in [-0.15, -0.1) is 0 Å². The normalized spacial score (nSPS) is 13.4. The van der Waals surface area contributed by atoms with Gasteiger partial charge in [0.2, 0.25) is 0 Å². The number of benzene rings is 2. The SMILES string of the molecule is CC(C)(C)c1ccc(C(=O)COC(=O)CCN2C(=O)c3ccccc3C2=O)cc1. The monoisotopic (exact) mass is 393 g/mol. The van der Waals surface area contributed by atoms with Gasteiger partial charge in [0.25, 0.3) is 11.8 Å². The van der Waals surface area contributed by atoms with Crippen LogP contribution in [-0.2, 0) is 14.9 Å². The standard InChI is InChI=1S/C23H23NO5/c1-23(2,3)16-10-8-15(9-11-16)19(25)14-29-20(26)12-13-24-21(27)17-6-4-5-7-18(17)22(24)28/h4-11H,12-14H2,1-3H3. The molecule has 0 atom stereocenters. The molecule has 3 rings (SSSR count). The second-order valence-electron chi connectivity index (χ2n) is 7.97. The predicted octanol–water partition coefficient (Wildman–Crippen LogP) is 3.40. The first-order valence-corrected chi connectivity index (χ1v) is 9.43. The van der Waals surface area contributed by atoms with Gasteiger partial charge in [0.05, 0.1) is 17.5 Å². The molecule has 0 N–H and O–H groups in total. The summed E-state index contributed by atoms with van der Waals surface area (Å²) in [6.45, 7) is 5.79. The molecule has 0 saturated carbocycles. The van der Waals surface area contributed by atoms with E-state index in [2.05, 4.69) is 20.8 Å². The molecule has 29 heavy (non-hydrogen) atoms. The first kappa shape index (κ1) is 20.5. The van der Waals surface area contributed by atoms with Gasteiger partial charge < -0.3 is 4.74 Å². The lowest BCUT2D eigenvalue weighted by molar-refractivity contribution is -0.142. The summed E-state index contributed by atoms with van der Waals surface area (Å²) in [4.78, 5) is 49.8. The third kappa shape index (κ3) is 4.42. The summed E-state index contributed by atoms with van der Waals surface area (Å²) in [7, 11) is 0. The zero-order chi connectivity index (χ0) is 21.2. The molecule has 150 valence electrons. The van der Waals surface area contributed by atoms with Gasteiger partial charge in [0.1, 0.15) is 0 Å². The number of Topliss-reactive ketones (excluding diaryl/α,β-unsaturated/α-hetero) is 1. The minimum atomic E-state index is -0.638. The van der Waals surface area contributed by atoms with Crippen LogP contribution in [0.5, 0.6) is 0 Å². The Kier molecular flexibility index (Phi) is 5.64. The average molecular weight is 393 g/mol. The highest BCUT2D eigenvalue weighted by molar-refractivity contribution is 6.21. The van der Waals surface area contributed by atoms with Crippen LogP contribution in [0.4, 0.5) is 0 Å². The number of imide groups is 1. The Labute approximate surface area is 169 Å². The number of amides is 2. The highest BCUT2D eigenvalue weighted by Gasteiger charge is 2.35. The molecule has 1 heterocycles. The molecule has 0 saturated heterocycles. The highest BCUT2D eigenvalue weighted by atomic mass is 16.5. The van der Waals surface area contributed by atoms with Crippen LogP contribution in [0, 0.1) is 0 Å². The molecule has 1 aliphatic heterocycles. The van der Waals surface area contributed by atoms with Crippen molar-refractivity contribution >= 4 is 23.6 Å². The molecule has 2 amide bonds. The van der Waals surface area contributed by atoms with Crippen LogP contribution in [0.15, 0.2) is 48.5 Å². The molecular weight excluding hydrogens is 370 g/mol. The fraction of sp³-hybridized carbons (Fsp3) is 0.304. The Morgan fingerprint density at radius 2 is 1.45 bits per heavy atom. The van der Waals surface area contributed by atoms with Crippen LogP contribution in [0.25, 0.3) is 0 Å². The van der Waals surface area contributed by atoms with Crippen molar-refractivity contribution in [1.82, 2.24) is 4.90 Å². The second-order valence-corrected chi connectivity index (χ2v) is 7.97. The Balaban J connectivity index is 1.50. The molecule has 0 radical (unpaired) electrons. The highest BCUT2D eigenvalue weighted by Crippen LogP contribution is 2.23. The number of nitrogens with zero attached hydrogens (tertiary/aromatic N) is 1. The number of hydrogen-bond donors (Lipinski definition) is 0. The van der Waals surface area contributed by atoms with Crippen molar-refractivity contribution in [2.75, 3.05) is 13.2 Å². The van der Waals surface area contributed by atoms with Gasteiger partial charge in [-0.25, -0.2) is 0 Å². The van der Waals surface area contributed by atoms with Crippen LogP contribution in [0.1, 0.15) is 63.8 Å². The van der Waals surface area contributed by atoms with Crippen molar-refractivity contribution in [3.8, 4) is 0 Å². The predicted molar refractivity (Wildman–Crippen MR) is 107 cm³/mol. The first-order valence-electron chi connectivity index (χ1n) is 9.43. The molecule has 0 bridgehead atoms. The largest absolute Gasteiger partial charge is 0.457 e. The summed E-state index contributed by atoms with van der Waals surface area (Å²) < 4.78 is 5.03. The quantitative estimate of drug-likeness (QED) is 0.427. The number of fused-ring (bicyclic) bond motifs is 1. The maximum Gasteiger partial charge on any atom is 0.308 e. The number of esters is 1. The smallest absolute Gasteiger partial charge is 0.308 e. The number of ketones is 1. The zero-order valence-corrected chi connectivity index (χ0v) is 16.7. The van der Waals surface area contributed by atoms with Gasteiger partial charge in [-0.1, -0.05) is 57.2 Å².